The van der Waals surface area contributed by atoms with Gasteiger partial charge in [0, 0.05) is 13.0 Å². The smallest absolute Gasteiger partial charge is 0.408 e. The summed E-state index contributed by atoms with van der Waals surface area (Å²) in [4.78, 5) is 24.6. The highest BCUT2D eigenvalue weighted by molar-refractivity contribution is 5.77. The van der Waals surface area contributed by atoms with Crippen molar-refractivity contribution in [3.63, 3.8) is 0 Å². The van der Waals surface area contributed by atoms with Gasteiger partial charge in [-0.2, -0.15) is 0 Å². The van der Waals surface area contributed by atoms with Crippen molar-refractivity contribution in [1.29, 1.82) is 0 Å². The summed E-state index contributed by atoms with van der Waals surface area (Å²) in [6, 6.07) is 15.6. The van der Waals surface area contributed by atoms with Gasteiger partial charge in [0.25, 0.3) is 0 Å². The predicted molar refractivity (Wildman–Crippen MR) is 111 cm³/mol. The zero-order valence-electron chi connectivity index (χ0n) is 16.9. The van der Waals surface area contributed by atoms with Crippen molar-refractivity contribution < 1.29 is 9.21 Å². The summed E-state index contributed by atoms with van der Waals surface area (Å²) >= 11 is 0. The van der Waals surface area contributed by atoms with Crippen LogP contribution in [0.2, 0.25) is 0 Å². The number of fused-ring (bicyclic) bond motifs is 1. The summed E-state index contributed by atoms with van der Waals surface area (Å²) in [5.74, 6) is 0.220. The topological polar surface area (TPSA) is 64.2 Å². The Bertz CT molecular complexity index is 997. The predicted octanol–water partition coefficient (Wildman–Crippen LogP) is 4.62. The molecule has 0 radical (unpaired) electrons. The van der Waals surface area contributed by atoms with Crippen LogP contribution in [0.3, 0.4) is 0 Å². The monoisotopic (exact) mass is 380 g/mol. The van der Waals surface area contributed by atoms with E-state index in [0.29, 0.717) is 23.6 Å². The number of para-hydroxylation sites is 2. The fraction of sp³-hybridized carbons (Fsp3) is 0.391. The summed E-state index contributed by atoms with van der Waals surface area (Å²) in [5, 5.41) is 3.13. The van der Waals surface area contributed by atoms with Crippen LogP contribution >= 0.6 is 0 Å². The molecule has 1 unspecified atom stereocenters. The molecule has 0 bridgehead atoms. The quantitative estimate of drug-likeness (QED) is 0.650. The van der Waals surface area contributed by atoms with Crippen LogP contribution < -0.4 is 11.1 Å². The Kier molecular flexibility index (Phi) is 6.02. The maximum atomic E-state index is 12.6. The van der Waals surface area contributed by atoms with E-state index in [9.17, 15) is 9.59 Å². The third-order valence-electron chi connectivity index (χ3n) is 5.08. The molecule has 0 saturated carbocycles. The second kappa shape index (κ2) is 8.46. The van der Waals surface area contributed by atoms with Gasteiger partial charge in [0.1, 0.15) is 0 Å². The molecular formula is C23H28N2O3. The third kappa shape index (κ3) is 4.35. The molecule has 1 atom stereocenters. The Hall–Kier alpha value is -2.82. The van der Waals surface area contributed by atoms with Crippen LogP contribution in [0.15, 0.2) is 57.7 Å². The van der Waals surface area contributed by atoms with Crippen molar-refractivity contribution in [1.82, 2.24) is 9.88 Å². The Morgan fingerprint density at radius 3 is 2.29 bits per heavy atom. The molecule has 28 heavy (non-hydrogen) atoms. The molecule has 3 aromatic rings. The Morgan fingerprint density at radius 2 is 1.64 bits per heavy atom. The number of oxazole rings is 1. The molecule has 1 aromatic heterocycles. The fourth-order valence-electron chi connectivity index (χ4n) is 3.41. The van der Waals surface area contributed by atoms with Crippen molar-refractivity contribution >= 4 is 17.0 Å². The van der Waals surface area contributed by atoms with Crippen molar-refractivity contribution in [2.45, 2.75) is 52.6 Å². The number of nitrogens with one attached hydrogen (secondary N) is 1. The first-order valence-electron chi connectivity index (χ1n) is 9.84. The number of aryl methyl sites for hydroxylation is 1. The van der Waals surface area contributed by atoms with E-state index in [1.807, 2.05) is 18.2 Å². The molecule has 0 aliphatic rings. The second-order valence-electron chi connectivity index (χ2n) is 7.85. The SMILES string of the molecule is CC(C)c1ccc(C(NC(=O)CCn2c(=O)oc3ccccc32)C(C)C)cc1. The zero-order chi connectivity index (χ0) is 20.3. The normalized spacial score (nSPS) is 12.6. The molecule has 5 heteroatoms. The van der Waals surface area contributed by atoms with Crippen LogP contribution in [0.5, 0.6) is 0 Å². The number of hydrogen-bond donors (Lipinski definition) is 1. The second-order valence-corrected chi connectivity index (χ2v) is 7.85. The maximum Gasteiger partial charge on any atom is 0.419 e. The molecule has 0 aliphatic heterocycles. The molecule has 1 N–H and O–H groups in total. The summed E-state index contributed by atoms with van der Waals surface area (Å²) in [7, 11) is 0. The third-order valence-corrected chi connectivity index (χ3v) is 5.08. The highest BCUT2D eigenvalue weighted by Gasteiger charge is 2.19. The summed E-state index contributed by atoms with van der Waals surface area (Å²) in [5.41, 5.74) is 3.63. The van der Waals surface area contributed by atoms with E-state index in [1.165, 1.54) is 10.1 Å². The van der Waals surface area contributed by atoms with E-state index in [2.05, 4.69) is 57.3 Å². The molecule has 3 rings (SSSR count). The molecule has 1 amide bonds. The molecule has 5 nitrogen and oxygen atoms in total. The minimum Gasteiger partial charge on any atom is -0.408 e. The van der Waals surface area contributed by atoms with E-state index >= 15 is 0 Å². The van der Waals surface area contributed by atoms with Gasteiger partial charge in [-0.25, -0.2) is 4.79 Å². The summed E-state index contributed by atoms with van der Waals surface area (Å²) in [6.07, 6.45) is 0.219. The number of carbonyl (C=O) groups excluding carboxylic acids is 1. The molecule has 0 aliphatic carbocycles. The largest absolute Gasteiger partial charge is 0.419 e. The Balaban J connectivity index is 1.69. The van der Waals surface area contributed by atoms with Gasteiger partial charge >= 0.3 is 5.76 Å². The molecule has 2 aromatic carbocycles. The summed E-state index contributed by atoms with van der Waals surface area (Å²) < 4.78 is 6.74. The molecule has 0 saturated heterocycles. The first-order valence-corrected chi connectivity index (χ1v) is 9.84. The minimum atomic E-state index is -0.432. The van der Waals surface area contributed by atoms with Gasteiger partial charge in [-0.05, 0) is 35.1 Å². The van der Waals surface area contributed by atoms with Crippen LogP contribution in [0, 0.1) is 5.92 Å². The number of benzene rings is 2. The van der Waals surface area contributed by atoms with Crippen molar-refractivity contribution in [2.75, 3.05) is 0 Å². The lowest BCUT2D eigenvalue weighted by molar-refractivity contribution is -0.122. The number of hydrogen-bond acceptors (Lipinski definition) is 3. The van der Waals surface area contributed by atoms with Gasteiger partial charge in [0.15, 0.2) is 5.58 Å². The fourth-order valence-corrected chi connectivity index (χ4v) is 3.41. The van der Waals surface area contributed by atoms with Crippen LogP contribution in [-0.4, -0.2) is 10.5 Å². The van der Waals surface area contributed by atoms with Crippen LogP contribution in [-0.2, 0) is 11.3 Å². The average Bonchev–Trinajstić information content (AvgIpc) is 2.99. The van der Waals surface area contributed by atoms with E-state index in [-0.39, 0.29) is 24.3 Å². The highest BCUT2D eigenvalue weighted by atomic mass is 16.4. The zero-order valence-corrected chi connectivity index (χ0v) is 16.9. The first kappa shape index (κ1) is 19.9. The number of nitrogens with zero attached hydrogens (tertiary/aromatic N) is 1. The molecule has 1 heterocycles. The summed E-state index contributed by atoms with van der Waals surface area (Å²) in [6.45, 7) is 8.81. The number of carbonyl (C=O) groups is 1. The standard InChI is InChI=1S/C23H28N2O3/c1-15(2)17-9-11-18(12-10-17)22(16(3)4)24-21(26)13-14-25-19-7-5-6-8-20(19)28-23(25)27/h5-12,15-16,22H,13-14H2,1-4H3,(H,24,26). The Morgan fingerprint density at radius 1 is 1.00 bits per heavy atom. The van der Waals surface area contributed by atoms with Crippen molar-refractivity contribution in [2.24, 2.45) is 5.92 Å². The van der Waals surface area contributed by atoms with E-state index in [1.54, 1.807) is 6.07 Å². The van der Waals surface area contributed by atoms with Gasteiger partial charge in [0.2, 0.25) is 5.91 Å². The van der Waals surface area contributed by atoms with Gasteiger partial charge in [-0.15, -0.1) is 0 Å². The maximum absolute atomic E-state index is 12.6. The number of rotatable bonds is 7. The average molecular weight is 380 g/mol. The van der Waals surface area contributed by atoms with Crippen LogP contribution in [0.25, 0.3) is 11.1 Å². The molecular weight excluding hydrogens is 352 g/mol. The van der Waals surface area contributed by atoms with Gasteiger partial charge in [0.05, 0.1) is 11.6 Å². The molecule has 0 fully saturated rings. The van der Waals surface area contributed by atoms with Crippen molar-refractivity contribution in [3.8, 4) is 0 Å². The lowest BCUT2D eigenvalue weighted by atomic mass is 9.93. The van der Waals surface area contributed by atoms with Gasteiger partial charge in [-0.3, -0.25) is 9.36 Å². The van der Waals surface area contributed by atoms with E-state index in [0.717, 1.165) is 5.56 Å². The Labute approximate surface area is 165 Å². The molecule has 148 valence electrons. The minimum absolute atomic E-state index is 0.0634. The molecule has 0 spiro atoms. The van der Waals surface area contributed by atoms with Crippen LogP contribution in [0.4, 0.5) is 0 Å². The van der Waals surface area contributed by atoms with Crippen molar-refractivity contribution in [3.05, 3.63) is 70.2 Å². The van der Waals surface area contributed by atoms with E-state index < -0.39 is 5.76 Å². The first-order chi connectivity index (χ1) is 13.4. The number of amides is 1. The van der Waals surface area contributed by atoms with Crippen LogP contribution in [0.1, 0.15) is 57.2 Å². The lowest BCUT2D eigenvalue weighted by Crippen LogP contribution is -2.32. The van der Waals surface area contributed by atoms with Gasteiger partial charge in [-0.1, -0.05) is 64.1 Å². The van der Waals surface area contributed by atoms with Gasteiger partial charge < -0.3 is 9.73 Å². The lowest BCUT2D eigenvalue weighted by Gasteiger charge is -2.23. The number of aromatic nitrogens is 1. The highest BCUT2D eigenvalue weighted by Crippen LogP contribution is 2.24. The van der Waals surface area contributed by atoms with E-state index in [4.69, 9.17) is 4.42 Å².